The number of alkyl halides is 3. The Labute approximate surface area is 226 Å². The molecule has 0 spiro atoms. The van der Waals surface area contributed by atoms with E-state index in [4.69, 9.17) is 22.2 Å². The number of halogens is 3. The van der Waals surface area contributed by atoms with Crippen molar-refractivity contribution in [1.29, 1.82) is 5.26 Å². The fraction of sp³-hybridized carbons (Fsp3) is 0.276. The quantitative estimate of drug-likeness (QED) is 0.209. The van der Waals surface area contributed by atoms with E-state index in [0.717, 1.165) is 33.9 Å². The lowest BCUT2D eigenvalue weighted by Gasteiger charge is -2.29. The van der Waals surface area contributed by atoms with Crippen LogP contribution in [0.3, 0.4) is 0 Å². The summed E-state index contributed by atoms with van der Waals surface area (Å²) in [5.41, 5.74) is -0.565. The first-order chi connectivity index (χ1) is 17.7. The zero-order valence-electron chi connectivity index (χ0n) is 21.8. The summed E-state index contributed by atoms with van der Waals surface area (Å²) >= 11 is 5.60. The molecule has 9 heteroatoms. The zero-order chi connectivity index (χ0) is 28.4. The van der Waals surface area contributed by atoms with Gasteiger partial charge >= 0.3 is 6.18 Å². The molecule has 1 saturated heterocycles. The SMILES string of the molecule is C=C/C(=C\C=C(/C)OC(C)C)c1ccc(N2C(=S)N(c3ccc(C#N)c(C(F)(F)F)c3)C(=O)C2(C)C)cc1. The lowest BCUT2D eigenvalue weighted by molar-refractivity contribution is -0.137. The number of hydrogen-bond donors (Lipinski definition) is 0. The number of ether oxygens (including phenoxy) is 1. The van der Waals surface area contributed by atoms with Gasteiger partial charge in [0.15, 0.2) is 5.11 Å². The predicted molar refractivity (Wildman–Crippen MR) is 147 cm³/mol. The Morgan fingerprint density at radius 3 is 2.26 bits per heavy atom. The maximum Gasteiger partial charge on any atom is 0.417 e. The molecule has 0 aliphatic carbocycles. The van der Waals surface area contributed by atoms with Gasteiger partial charge in [-0.15, -0.1) is 0 Å². The summed E-state index contributed by atoms with van der Waals surface area (Å²) in [6, 6.07) is 12.0. The van der Waals surface area contributed by atoms with Crippen LogP contribution in [0.1, 0.15) is 51.3 Å². The first kappa shape index (κ1) is 28.7. The number of amides is 1. The van der Waals surface area contributed by atoms with E-state index in [2.05, 4.69) is 6.58 Å². The first-order valence-corrected chi connectivity index (χ1v) is 12.2. The molecule has 0 aromatic heterocycles. The van der Waals surface area contributed by atoms with Gasteiger partial charge in [0.05, 0.1) is 34.7 Å². The van der Waals surface area contributed by atoms with Crippen LogP contribution < -0.4 is 9.80 Å². The molecule has 0 bridgehead atoms. The largest absolute Gasteiger partial charge is 0.496 e. The van der Waals surface area contributed by atoms with Crippen molar-refractivity contribution in [2.24, 2.45) is 0 Å². The van der Waals surface area contributed by atoms with E-state index in [1.807, 2.05) is 45.1 Å². The molecule has 0 N–H and O–H groups in total. The van der Waals surface area contributed by atoms with Crippen molar-refractivity contribution >= 4 is 40.2 Å². The minimum Gasteiger partial charge on any atom is -0.496 e. The van der Waals surface area contributed by atoms with Crippen LogP contribution in [0.15, 0.2) is 73.0 Å². The Kier molecular flexibility index (Phi) is 8.18. The number of hydrogen-bond acceptors (Lipinski definition) is 4. The van der Waals surface area contributed by atoms with Crippen molar-refractivity contribution in [2.75, 3.05) is 9.80 Å². The van der Waals surface area contributed by atoms with E-state index in [9.17, 15) is 18.0 Å². The van der Waals surface area contributed by atoms with Crippen molar-refractivity contribution < 1.29 is 22.7 Å². The van der Waals surface area contributed by atoms with Crippen molar-refractivity contribution in [3.8, 4) is 6.07 Å². The van der Waals surface area contributed by atoms with Crippen LogP contribution in [-0.4, -0.2) is 22.7 Å². The Morgan fingerprint density at radius 2 is 1.74 bits per heavy atom. The Balaban J connectivity index is 1.97. The fourth-order valence-corrected chi connectivity index (χ4v) is 4.68. The molecule has 1 fully saturated rings. The molecule has 3 rings (SSSR count). The van der Waals surface area contributed by atoms with Crippen LogP contribution in [0.2, 0.25) is 0 Å². The monoisotopic (exact) mass is 539 g/mol. The lowest BCUT2D eigenvalue weighted by atomic mass is 10.0. The molecule has 2 aromatic carbocycles. The van der Waals surface area contributed by atoms with Gasteiger partial charge in [-0.2, -0.15) is 18.4 Å². The van der Waals surface area contributed by atoms with Gasteiger partial charge in [-0.05, 0) is 94.4 Å². The third-order valence-corrected chi connectivity index (χ3v) is 6.32. The van der Waals surface area contributed by atoms with E-state index in [-0.39, 0.29) is 16.9 Å². The van der Waals surface area contributed by atoms with Crippen LogP contribution in [0.4, 0.5) is 24.5 Å². The summed E-state index contributed by atoms with van der Waals surface area (Å²) in [6.45, 7) is 12.9. The normalized spacial score (nSPS) is 16.2. The maximum atomic E-state index is 13.6. The number of nitriles is 1. The molecule has 38 heavy (non-hydrogen) atoms. The lowest BCUT2D eigenvalue weighted by Crippen LogP contribution is -2.44. The highest BCUT2D eigenvalue weighted by Gasteiger charge is 2.50. The van der Waals surface area contributed by atoms with Gasteiger partial charge in [0.25, 0.3) is 5.91 Å². The van der Waals surface area contributed by atoms with E-state index in [0.29, 0.717) is 5.69 Å². The standard InChI is InChI=1S/C29H28F3N3O2S/c1-7-20(9-8-19(4)37-18(2)3)21-10-13-23(14-11-21)35-27(38)34(26(36)28(35,5)6)24-15-12-22(17-33)25(16-24)29(30,31)32/h7-16,18H,1H2,2-6H3/b19-8+,20-9+. The minimum atomic E-state index is -4.76. The van der Waals surface area contributed by atoms with Gasteiger partial charge in [0, 0.05) is 5.69 Å². The third-order valence-electron chi connectivity index (χ3n) is 5.95. The van der Waals surface area contributed by atoms with Crippen molar-refractivity contribution in [3.63, 3.8) is 0 Å². The number of nitrogens with zero attached hydrogens (tertiary/aromatic N) is 3. The first-order valence-electron chi connectivity index (χ1n) is 11.8. The Morgan fingerprint density at radius 1 is 1.13 bits per heavy atom. The Hall–Kier alpha value is -3.90. The smallest absolute Gasteiger partial charge is 0.417 e. The average Bonchev–Trinajstić information content (AvgIpc) is 3.02. The van der Waals surface area contributed by atoms with Crippen molar-refractivity contribution in [2.45, 2.75) is 52.4 Å². The van der Waals surface area contributed by atoms with E-state index >= 15 is 0 Å². The number of benzene rings is 2. The molecule has 0 radical (unpaired) electrons. The second-order valence-electron chi connectivity index (χ2n) is 9.47. The molecular formula is C29H28F3N3O2S. The Bertz CT molecular complexity index is 1370. The second-order valence-corrected chi connectivity index (χ2v) is 9.84. The van der Waals surface area contributed by atoms with Crippen LogP contribution in [0, 0.1) is 11.3 Å². The molecular weight excluding hydrogens is 511 g/mol. The molecule has 1 amide bonds. The number of rotatable bonds is 7. The van der Waals surface area contributed by atoms with Gasteiger partial charge in [-0.1, -0.05) is 30.9 Å². The summed E-state index contributed by atoms with van der Waals surface area (Å²) in [7, 11) is 0. The number of allylic oxidation sites excluding steroid dienone is 5. The summed E-state index contributed by atoms with van der Waals surface area (Å²) < 4.78 is 46.3. The highest BCUT2D eigenvalue weighted by molar-refractivity contribution is 7.81. The van der Waals surface area contributed by atoms with Crippen LogP contribution in [-0.2, 0) is 15.7 Å². The van der Waals surface area contributed by atoms with Gasteiger partial charge in [-0.3, -0.25) is 9.69 Å². The molecule has 1 heterocycles. The molecule has 1 aliphatic heterocycles. The van der Waals surface area contributed by atoms with Crippen LogP contribution >= 0.6 is 12.2 Å². The summed E-state index contributed by atoms with van der Waals surface area (Å²) in [5, 5.41) is 9.14. The predicted octanol–water partition coefficient (Wildman–Crippen LogP) is 7.39. The van der Waals surface area contributed by atoms with Crippen LogP contribution in [0.25, 0.3) is 5.57 Å². The van der Waals surface area contributed by atoms with Crippen molar-refractivity contribution in [3.05, 3.63) is 89.7 Å². The third kappa shape index (κ3) is 5.65. The van der Waals surface area contributed by atoms with E-state index < -0.39 is 28.7 Å². The molecule has 0 atom stereocenters. The number of carbonyl (C=O) groups excluding carboxylic acids is 1. The molecule has 198 valence electrons. The topological polar surface area (TPSA) is 56.6 Å². The number of anilines is 2. The van der Waals surface area contributed by atoms with Gasteiger partial charge in [0.1, 0.15) is 5.54 Å². The number of thiocarbonyl (C=S) groups is 1. The highest BCUT2D eigenvalue weighted by Crippen LogP contribution is 2.39. The van der Waals surface area contributed by atoms with Gasteiger partial charge in [0.2, 0.25) is 0 Å². The summed E-state index contributed by atoms with van der Waals surface area (Å²) in [6.07, 6.45) is 0.755. The van der Waals surface area contributed by atoms with E-state index in [1.165, 1.54) is 6.07 Å². The maximum absolute atomic E-state index is 13.6. The van der Waals surface area contributed by atoms with E-state index in [1.54, 1.807) is 43.0 Å². The summed E-state index contributed by atoms with van der Waals surface area (Å²) in [5.74, 6) is 0.275. The van der Waals surface area contributed by atoms with Gasteiger partial charge < -0.3 is 9.64 Å². The molecule has 2 aromatic rings. The molecule has 0 unspecified atom stereocenters. The van der Waals surface area contributed by atoms with Gasteiger partial charge in [-0.25, -0.2) is 0 Å². The fourth-order valence-electron chi connectivity index (χ4n) is 4.16. The number of carbonyl (C=O) groups is 1. The van der Waals surface area contributed by atoms with Crippen molar-refractivity contribution in [1.82, 2.24) is 0 Å². The molecule has 5 nitrogen and oxygen atoms in total. The highest BCUT2D eigenvalue weighted by atomic mass is 32.1. The second kappa shape index (κ2) is 10.8. The molecule has 0 saturated carbocycles. The minimum absolute atomic E-state index is 0.0365. The summed E-state index contributed by atoms with van der Waals surface area (Å²) in [4.78, 5) is 16.1. The average molecular weight is 540 g/mol. The zero-order valence-corrected chi connectivity index (χ0v) is 22.6. The van der Waals surface area contributed by atoms with Crippen LogP contribution in [0.5, 0.6) is 0 Å². The molecule has 1 aliphatic rings.